The summed E-state index contributed by atoms with van der Waals surface area (Å²) in [5.74, 6) is -0.173. The fourth-order valence-electron chi connectivity index (χ4n) is 0.913. The Morgan fingerprint density at radius 3 is 1.25 bits per heavy atom. The molecule has 0 unspecified atom stereocenters. The minimum atomic E-state index is -0.461. The van der Waals surface area contributed by atoms with Crippen LogP contribution < -0.4 is 0 Å². The van der Waals surface area contributed by atoms with Crippen molar-refractivity contribution in [3.05, 3.63) is 10.4 Å². The molecule has 4 heteroatoms. The van der Waals surface area contributed by atoms with E-state index in [1.165, 1.54) is 12.4 Å². The molecule has 0 aromatic rings. The molecule has 0 aliphatic carbocycles. The van der Waals surface area contributed by atoms with Gasteiger partial charge in [-0.25, -0.2) is 9.48 Å². The van der Waals surface area contributed by atoms with Crippen molar-refractivity contribution in [2.24, 2.45) is 5.92 Å². The van der Waals surface area contributed by atoms with Crippen molar-refractivity contribution in [1.82, 2.24) is 0 Å². The first-order chi connectivity index (χ1) is 6.94. The second-order valence-electron chi connectivity index (χ2n) is 6.15. The normalized spacial score (nSPS) is 17.4. The van der Waals surface area contributed by atoms with Crippen LogP contribution in [0.15, 0.2) is 0 Å². The zero-order valence-corrected chi connectivity index (χ0v) is 11.4. The third-order valence-corrected chi connectivity index (χ3v) is 2.06. The lowest BCUT2D eigenvalue weighted by Gasteiger charge is -2.21. The summed E-state index contributed by atoms with van der Waals surface area (Å²) < 4.78 is 1.79. The maximum Gasteiger partial charge on any atom is 0.164 e. The number of hydrogen-bond donors (Lipinski definition) is 0. The number of rotatable bonds is 2. The van der Waals surface area contributed by atoms with Crippen LogP contribution in [-0.4, -0.2) is 33.0 Å². The van der Waals surface area contributed by atoms with Gasteiger partial charge in [-0.2, -0.15) is 0 Å². The first-order valence-electron chi connectivity index (χ1n) is 5.57. The van der Waals surface area contributed by atoms with E-state index in [1.54, 1.807) is 0 Å². The summed E-state index contributed by atoms with van der Waals surface area (Å²) in [7, 11) is 0. The molecule has 0 aliphatic heterocycles. The van der Waals surface area contributed by atoms with Crippen LogP contribution >= 0.6 is 0 Å². The molecule has 0 bridgehead atoms. The lowest BCUT2D eigenvalue weighted by Crippen LogP contribution is -2.33. The van der Waals surface area contributed by atoms with Crippen molar-refractivity contribution in [1.29, 1.82) is 0 Å². The molecule has 0 aromatic heterocycles. The van der Waals surface area contributed by atoms with Crippen LogP contribution in [0.5, 0.6) is 0 Å². The smallest absolute Gasteiger partial charge is 0.164 e. The second-order valence-corrected chi connectivity index (χ2v) is 6.15. The van der Waals surface area contributed by atoms with Gasteiger partial charge in [0.15, 0.2) is 23.5 Å². The number of hydrogen-bond acceptors (Lipinski definition) is 2. The molecule has 16 heavy (non-hydrogen) atoms. The highest BCUT2D eigenvalue weighted by atomic mass is 16.5. The maximum atomic E-state index is 11.6. The monoisotopic (exact) mass is 228 g/mol. The highest BCUT2D eigenvalue weighted by Crippen LogP contribution is 2.07. The van der Waals surface area contributed by atoms with E-state index in [9.17, 15) is 10.4 Å². The maximum absolute atomic E-state index is 11.6. The lowest BCUT2D eigenvalue weighted by molar-refractivity contribution is -0.537. The Labute approximate surface area is 98.5 Å². The van der Waals surface area contributed by atoms with E-state index in [0.717, 1.165) is 9.48 Å². The van der Waals surface area contributed by atoms with Crippen molar-refractivity contribution in [3.63, 3.8) is 0 Å². The predicted molar refractivity (Wildman–Crippen MR) is 68.1 cm³/mol. The Morgan fingerprint density at radius 1 is 0.812 bits per heavy atom. The molecule has 0 saturated carbocycles. The summed E-state index contributed by atoms with van der Waals surface area (Å²) in [6.45, 7) is 12.8. The van der Waals surface area contributed by atoms with Gasteiger partial charge >= 0.3 is 0 Å². The van der Waals surface area contributed by atoms with Crippen LogP contribution in [-0.2, 0) is 0 Å². The van der Waals surface area contributed by atoms with Crippen molar-refractivity contribution in [3.8, 4) is 0 Å². The molecule has 4 nitrogen and oxygen atoms in total. The lowest BCUT2D eigenvalue weighted by atomic mass is 10.1. The van der Waals surface area contributed by atoms with Crippen molar-refractivity contribution in [2.75, 3.05) is 0 Å². The molecular formula is C12H24N2O2. The number of hydroxylamine groups is 2. The van der Waals surface area contributed by atoms with Gasteiger partial charge in [0.1, 0.15) is 5.92 Å². The standard InChI is InChI=1S/C12H24N2O2/c1-10(8-13(15)11(2,3)4)9-14(16)12(5,6)7/h8-10H,1-7H3. The van der Waals surface area contributed by atoms with Crippen molar-refractivity contribution < 1.29 is 9.48 Å². The molecule has 0 aliphatic rings. The van der Waals surface area contributed by atoms with Crippen molar-refractivity contribution in [2.45, 2.75) is 59.5 Å². The van der Waals surface area contributed by atoms with E-state index in [4.69, 9.17) is 0 Å². The zero-order valence-electron chi connectivity index (χ0n) is 11.4. The van der Waals surface area contributed by atoms with E-state index in [-0.39, 0.29) is 5.92 Å². The molecule has 94 valence electrons. The summed E-state index contributed by atoms with van der Waals surface area (Å²) in [6, 6.07) is 0. The molecule has 0 atom stereocenters. The van der Waals surface area contributed by atoms with Gasteiger partial charge in [-0.15, -0.1) is 0 Å². The zero-order chi connectivity index (χ0) is 13.1. The summed E-state index contributed by atoms with van der Waals surface area (Å²) in [4.78, 5) is 0. The molecular weight excluding hydrogens is 204 g/mol. The van der Waals surface area contributed by atoms with Gasteiger partial charge in [-0.05, 0) is 6.92 Å². The van der Waals surface area contributed by atoms with Crippen LogP contribution in [0.3, 0.4) is 0 Å². The Kier molecular flexibility index (Phi) is 4.53. The van der Waals surface area contributed by atoms with Gasteiger partial charge in [0.25, 0.3) is 0 Å². The third kappa shape index (κ3) is 5.14. The Balaban J connectivity index is 4.81. The Hall–Kier alpha value is -1.06. The largest absolute Gasteiger partial charge is 0.624 e. The summed E-state index contributed by atoms with van der Waals surface area (Å²) >= 11 is 0. The minimum Gasteiger partial charge on any atom is -0.624 e. The summed E-state index contributed by atoms with van der Waals surface area (Å²) in [5, 5.41) is 23.3. The molecule has 0 heterocycles. The highest BCUT2D eigenvalue weighted by Gasteiger charge is 2.22. The van der Waals surface area contributed by atoms with Gasteiger partial charge in [0.05, 0.1) is 0 Å². The molecule has 0 spiro atoms. The van der Waals surface area contributed by atoms with Crippen LogP contribution in [0.4, 0.5) is 0 Å². The summed E-state index contributed by atoms with van der Waals surface area (Å²) in [5.41, 5.74) is -0.922. The second kappa shape index (κ2) is 4.85. The van der Waals surface area contributed by atoms with Gasteiger partial charge in [-0.3, -0.25) is 0 Å². The SMILES string of the molecule is CC(C=[N+]([O-])C(C)(C)C)C=[N+]([O-])C(C)(C)C. The quantitative estimate of drug-likeness (QED) is 0.315. The molecule has 0 radical (unpaired) electrons. The first-order valence-corrected chi connectivity index (χ1v) is 5.57. The first kappa shape index (κ1) is 14.9. The topological polar surface area (TPSA) is 52.1 Å². The highest BCUT2D eigenvalue weighted by molar-refractivity contribution is 5.78. The molecule has 0 fully saturated rings. The van der Waals surface area contributed by atoms with E-state index >= 15 is 0 Å². The average molecular weight is 228 g/mol. The average Bonchev–Trinajstić information content (AvgIpc) is 1.99. The van der Waals surface area contributed by atoms with Crippen LogP contribution in [0.25, 0.3) is 0 Å². The van der Waals surface area contributed by atoms with Crippen LogP contribution in [0, 0.1) is 16.3 Å². The molecule has 0 N–H and O–H groups in total. The Bertz CT molecular complexity index is 263. The minimum absolute atomic E-state index is 0.173. The number of nitrogens with zero attached hydrogens (tertiary/aromatic N) is 2. The van der Waals surface area contributed by atoms with E-state index in [2.05, 4.69) is 0 Å². The molecule has 0 rings (SSSR count). The molecule has 0 amide bonds. The third-order valence-electron chi connectivity index (χ3n) is 2.06. The fourth-order valence-corrected chi connectivity index (χ4v) is 0.913. The van der Waals surface area contributed by atoms with Gasteiger partial charge in [0, 0.05) is 41.5 Å². The van der Waals surface area contributed by atoms with Gasteiger partial charge in [-0.1, -0.05) is 0 Å². The van der Waals surface area contributed by atoms with Crippen LogP contribution in [0.1, 0.15) is 48.5 Å². The van der Waals surface area contributed by atoms with E-state index in [1.807, 2.05) is 48.5 Å². The Morgan fingerprint density at radius 2 is 1.06 bits per heavy atom. The van der Waals surface area contributed by atoms with Gasteiger partial charge < -0.3 is 10.4 Å². The van der Waals surface area contributed by atoms with E-state index in [0.29, 0.717) is 0 Å². The summed E-state index contributed by atoms with van der Waals surface area (Å²) in [6.07, 6.45) is 3.05. The fraction of sp³-hybridized carbons (Fsp3) is 0.833. The van der Waals surface area contributed by atoms with E-state index < -0.39 is 11.1 Å². The molecule has 0 saturated heterocycles. The predicted octanol–water partition coefficient (Wildman–Crippen LogP) is 2.38. The van der Waals surface area contributed by atoms with Gasteiger partial charge in [0.2, 0.25) is 0 Å². The van der Waals surface area contributed by atoms with Crippen LogP contribution in [0.2, 0.25) is 0 Å². The van der Waals surface area contributed by atoms with Crippen molar-refractivity contribution >= 4 is 12.4 Å². The molecule has 0 aromatic carbocycles.